The molecule has 2 rings (SSSR count). The molecule has 0 amide bonds. The molecular weight excluding hydrogens is 222 g/mol. The van der Waals surface area contributed by atoms with Crippen molar-refractivity contribution >= 4 is 17.5 Å². The van der Waals surface area contributed by atoms with Gasteiger partial charge in [0.05, 0.1) is 4.92 Å². The van der Waals surface area contributed by atoms with Crippen molar-refractivity contribution in [1.29, 1.82) is 0 Å². The molecule has 3 N–H and O–H groups in total. The van der Waals surface area contributed by atoms with Gasteiger partial charge in [0, 0.05) is 6.54 Å². The van der Waals surface area contributed by atoms with Gasteiger partial charge in [0.2, 0.25) is 11.8 Å². The third-order valence-corrected chi connectivity index (χ3v) is 3.02. The van der Waals surface area contributed by atoms with Gasteiger partial charge < -0.3 is 11.1 Å². The maximum atomic E-state index is 10.8. The molecule has 0 unspecified atom stereocenters. The molecule has 0 aromatic carbocycles. The highest BCUT2D eigenvalue weighted by molar-refractivity contribution is 5.56. The number of nitrogens with one attached hydrogen (secondary N) is 1. The van der Waals surface area contributed by atoms with Crippen LogP contribution in [0.1, 0.15) is 25.7 Å². The van der Waals surface area contributed by atoms with Gasteiger partial charge in [0.1, 0.15) is 6.20 Å². The highest BCUT2D eigenvalue weighted by atomic mass is 16.6. The van der Waals surface area contributed by atoms with Crippen molar-refractivity contribution in [3.8, 4) is 0 Å². The van der Waals surface area contributed by atoms with E-state index in [0.717, 1.165) is 6.20 Å². The number of aromatic nitrogens is 2. The number of nitrogens with zero attached hydrogens (tertiary/aromatic N) is 3. The molecule has 17 heavy (non-hydrogen) atoms. The molecule has 92 valence electrons. The number of rotatable bonds is 4. The van der Waals surface area contributed by atoms with E-state index in [0.29, 0.717) is 12.5 Å². The Bertz CT molecular complexity index is 417. The van der Waals surface area contributed by atoms with Gasteiger partial charge in [-0.25, -0.2) is 4.98 Å². The lowest BCUT2D eigenvalue weighted by Gasteiger charge is -2.11. The predicted molar refractivity (Wildman–Crippen MR) is 63.5 cm³/mol. The van der Waals surface area contributed by atoms with Gasteiger partial charge in [-0.3, -0.25) is 10.1 Å². The average Bonchev–Trinajstić information content (AvgIpc) is 2.78. The highest BCUT2D eigenvalue weighted by Crippen LogP contribution is 2.26. The van der Waals surface area contributed by atoms with E-state index in [2.05, 4.69) is 15.3 Å². The molecule has 1 aromatic rings. The molecule has 1 saturated carbocycles. The van der Waals surface area contributed by atoms with E-state index in [1.807, 2.05) is 0 Å². The second-order valence-electron chi connectivity index (χ2n) is 4.25. The molecule has 0 bridgehead atoms. The first-order chi connectivity index (χ1) is 8.16. The van der Waals surface area contributed by atoms with Crippen LogP contribution in [0, 0.1) is 16.0 Å². The Morgan fingerprint density at radius 3 is 2.88 bits per heavy atom. The van der Waals surface area contributed by atoms with Crippen LogP contribution in [0.3, 0.4) is 0 Å². The van der Waals surface area contributed by atoms with Crippen LogP contribution in [0.25, 0.3) is 0 Å². The number of anilines is 2. The Kier molecular flexibility index (Phi) is 3.36. The van der Waals surface area contributed by atoms with Gasteiger partial charge in [-0.15, -0.1) is 0 Å². The van der Waals surface area contributed by atoms with Crippen LogP contribution in [0.4, 0.5) is 17.5 Å². The fraction of sp³-hybridized carbons (Fsp3) is 0.600. The summed E-state index contributed by atoms with van der Waals surface area (Å²) in [5.74, 6) is 0.838. The van der Waals surface area contributed by atoms with Crippen molar-refractivity contribution in [2.24, 2.45) is 5.92 Å². The Morgan fingerprint density at radius 1 is 1.53 bits per heavy atom. The zero-order chi connectivity index (χ0) is 12.3. The molecule has 1 aromatic heterocycles. The van der Waals surface area contributed by atoms with Crippen LogP contribution >= 0.6 is 0 Å². The standard InChI is InChI=1S/C10H15N5O2/c11-10-13-6-8(15(16)17)9(14-10)12-5-7-3-1-2-4-7/h6-7H,1-5H2,(H3,11,12,13,14). The normalized spacial score (nSPS) is 16.0. The molecule has 0 radical (unpaired) electrons. The van der Waals surface area contributed by atoms with Gasteiger partial charge in [0.25, 0.3) is 0 Å². The summed E-state index contributed by atoms with van der Waals surface area (Å²) in [5, 5.41) is 13.8. The third-order valence-electron chi connectivity index (χ3n) is 3.02. The maximum absolute atomic E-state index is 10.8. The number of nitrogens with two attached hydrogens (primary N) is 1. The molecule has 1 fully saturated rings. The van der Waals surface area contributed by atoms with Crippen molar-refractivity contribution in [2.45, 2.75) is 25.7 Å². The third kappa shape index (κ3) is 2.80. The Hall–Kier alpha value is -1.92. The lowest BCUT2D eigenvalue weighted by Crippen LogP contribution is -2.14. The molecule has 7 heteroatoms. The van der Waals surface area contributed by atoms with Gasteiger partial charge in [-0.1, -0.05) is 12.8 Å². The first-order valence-corrected chi connectivity index (χ1v) is 5.67. The van der Waals surface area contributed by atoms with Crippen molar-refractivity contribution in [3.63, 3.8) is 0 Å². The minimum absolute atomic E-state index is 0.0459. The minimum Gasteiger partial charge on any atom is -0.368 e. The molecule has 7 nitrogen and oxygen atoms in total. The second-order valence-corrected chi connectivity index (χ2v) is 4.25. The van der Waals surface area contributed by atoms with E-state index < -0.39 is 4.92 Å². The first-order valence-electron chi connectivity index (χ1n) is 5.67. The topological polar surface area (TPSA) is 107 Å². The first kappa shape index (κ1) is 11.6. The fourth-order valence-electron chi connectivity index (χ4n) is 2.11. The molecule has 0 aliphatic heterocycles. The van der Waals surface area contributed by atoms with E-state index >= 15 is 0 Å². The lowest BCUT2D eigenvalue weighted by atomic mass is 10.1. The van der Waals surface area contributed by atoms with Crippen molar-refractivity contribution < 1.29 is 4.92 Å². The van der Waals surface area contributed by atoms with E-state index in [1.54, 1.807) is 0 Å². The summed E-state index contributed by atoms with van der Waals surface area (Å²) in [5.41, 5.74) is 5.30. The lowest BCUT2D eigenvalue weighted by molar-refractivity contribution is -0.384. The van der Waals surface area contributed by atoms with Crippen molar-refractivity contribution in [2.75, 3.05) is 17.6 Å². The summed E-state index contributed by atoms with van der Waals surface area (Å²) >= 11 is 0. The largest absolute Gasteiger partial charge is 0.368 e. The molecule has 0 spiro atoms. The van der Waals surface area contributed by atoms with Gasteiger partial charge in [-0.05, 0) is 18.8 Å². The molecule has 1 heterocycles. The number of hydrogen-bond donors (Lipinski definition) is 2. The van der Waals surface area contributed by atoms with E-state index in [-0.39, 0.29) is 17.5 Å². The molecule has 0 atom stereocenters. The smallest absolute Gasteiger partial charge is 0.329 e. The minimum atomic E-state index is -0.504. The summed E-state index contributed by atoms with van der Waals surface area (Å²) in [6.07, 6.45) is 5.95. The zero-order valence-corrected chi connectivity index (χ0v) is 9.43. The van der Waals surface area contributed by atoms with E-state index in [4.69, 9.17) is 5.73 Å². The SMILES string of the molecule is Nc1ncc([N+](=O)[O-])c(NCC2CCCC2)n1. The van der Waals surface area contributed by atoms with Crippen LogP contribution in [-0.2, 0) is 0 Å². The monoisotopic (exact) mass is 237 g/mol. The van der Waals surface area contributed by atoms with Crippen LogP contribution in [0.15, 0.2) is 6.20 Å². The Labute approximate surface area is 98.6 Å². The van der Waals surface area contributed by atoms with Crippen LogP contribution < -0.4 is 11.1 Å². The molecule has 1 aliphatic rings. The number of hydrogen-bond acceptors (Lipinski definition) is 6. The quantitative estimate of drug-likeness (QED) is 0.608. The molecule has 0 saturated heterocycles. The predicted octanol–water partition coefficient (Wildman–Crippen LogP) is 1.57. The van der Waals surface area contributed by atoms with Gasteiger partial charge >= 0.3 is 5.69 Å². The Morgan fingerprint density at radius 2 is 2.24 bits per heavy atom. The zero-order valence-electron chi connectivity index (χ0n) is 9.43. The van der Waals surface area contributed by atoms with Crippen LogP contribution in [-0.4, -0.2) is 21.4 Å². The molecular formula is C10H15N5O2. The summed E-state index contributed by atoms with van der Waals surface area (Å²) in [6, 6.07) is 0. The van der Waals surface area contributed by atoms with E-state index in [9.17, 15) is 10.1 Å². The summed E-state index contributed by atoms with van der Waals surface area (Å²) in [6.45, 7) is 0.706. The summed E-state index contributed by atoms with van der Waals surface area (Å²) < 4.78 is 0. The van der Waals surface area contributed by atoms with Gasteiger partial charge in [-0.2, -0.15) is 4.98 Å². The number of nitrogen functional groups attached to an aromatic ring is 1. The van der Waals surface area contributed by atoms with Crippen molar-refractivity contribution in [1.82, 2.24) is 9.97 Å². The van der Waals surface area contributed by atoms with Crippen molar-refractivity contribution in [3.05, 3.63) is 16.3 Å². The summed E-state index contributed by atoms with van der Waals surface area (Å²) in [4.78, 5) is 17.8. The Balaban J connectivity index is 2.07. The average molecular weight is 237 g/mol. The number of nitro groups is 1. The molecule has 1 aliphatic carbocycles. The van der Waals surface area contributed by atoms with Crippen LogP contribution in [0.5, 0.6) is 0 Å². The van der Waals surface area contributed by atoms with Gasteiger partial charge in [0.15, 0.2) is 0 Å². The summed E-state index contributed by atoms with van der Waals surface area (Å²) in [7, 11) is 0. The van der Waals surface area contributed by atoms with E-state index in [1.165, 1.54) is 25.7 Å². The second kappa shape index (κ2) is 4.94. The highest BCUT2D eigenvalue weighted by Gasteiger charge is 2.19. The maximum Gasteiger partial charge on any atom is 0.329 e. The fourth-order valence-corrected chi connectivity index (χ4v) is 2.11. The van der Waals surface area contributed by atoms with Crippen LogP contribution in [0.2, 0.25) is 0 Å².